The molecule has 0 radical (unpaired) electrons. The second-order valence-corrected chi connectivity index (χ2v) is 6.14. The van der Waals surface area contributed by atoms with Crippen molar-refractivity contribution in [2.45, 2.75) is 4.90 Å². The molecule has 1 aromatic heterocycles. The van der Waals surface area contributed by atoms with Crippen molar-refractivity contribution in [3.63, 3.8) is 0 Å². The summed E-state index contributed by atoms with van der Waals surface area (Å²) >= 11 is 8.86. The molecule has 84 valence electrons. The van der Waals surface area contributed by atoms with E-state index >= 15 is 0 Å². The zero-order valence-corrected chi connectivity index (χ0v) is 11.0. The third-order valence-corrected chi connectivity index (χ3v) is 4.17. The standard InChI is InChI=1S/C9H6BrClN2O2S/c10-7-1-3-9(4-2-7)16(14,15)13-6-8(11)5-12-13/h1-6H. The Morgan fingerprint density at radius 1 is 1.25 bits per heavy atom. The minimum absolute atomic E-state index is 0.162. The van der Waals surface area contributed by atoms with Crippen LogP contribution in [0.1, 0.15) is 0 Å². The number of benzene rings is 1. The van der Waals surface area contributed by atoms with Crippen LogP contribution in [0.3, 0.4) is 0 Å². The Bertz CT molecular complexity index is 607. The molecule has 16 heavy (non-hydrogen) atoms. The summed E-state index contributed by atoms with van der Waals surface area (Å²) in [6.07, 6.45) is 2.52. The van der Waals surface area contributed by atoms with Crippen LogP contribution in [0.4, 0.5) is 0 Å². The number of hydrogen-bond acceptors (Lipinski definition) is 3. The lowest BCUT2D eigenvalue weighted by Crippen LogP contribution is -2.13. The molecule has 1 heterocycles. The monoisotopic (exact) mass is 320 g/mol. The van der Waals surface area contributed by atoms with Gasteiger partial charge >= 0.3 is 0 Å². The predicted molar refractivity (Wildman–Crippen MR) is 64.0 cm³/mol. The van der Waals surface area contributed by atoms with E-state index in [4.69, 9.17) is 11.6 Å². The molecule has 0 bridgehead atoms. The van der Waals surface area contributed by atoms with Crippen LogP contribution in [0.5, 0.6) is 0 Å². The van der Waals surface area contributed by atoms with Crippen LogP contribution < -0.4 is 0 Å². The largest absolute Gasteiger partial charge is 0.282 e. The Hall–Kier alpha value is -0.850. The third-order valence-electron chi connectivity index (χ3n) is 1.89. The summed E-state index contributed by atoms with van der Waals surface area (Å²) in [6.45, 7) is 0. The topological polar surface area (TPSA) is 52.0 Å². The molecule has 7 heteroatoms. The zero-order valence-electron chi connectivity index (χ0n) is 7.84. The molecule has 0 amide bonds. The molecule has 4 nitrogen and oxygen atoms in total. The Labute approximate surface area is 106 Å². The van der Waals surface area contributed by atoms with E-state index in [1.165, 1.54) is 24.5 Å². The van der Waals surface area contributed by atoms with Crippen molar-refractivity contribution < 1.29 is 8.42 Å². The van der Waals surface area contributed by atoms with Gasteiger partial charge in [0.25, 0.3) is 10.0 Å². The first-order chi connectivity index (χ1) is 7.50. The second-order valence-electron chi connectivity index (χ2n) is 2.99. The van der Waals surface area contributed by atoms with Gasteiger partial charge in [-0.05, 0) is 24.3 Å². The highest BCUT2D eigenvalue weighted by Gasteiger charge is 2.17. The van der Waals surface area contributed by atoms with E-state index in [1.807, 2.05) is 0 Å². The molecular formula is C9H6BrClN2O2S. The molecule has 0 saturated heterocycles. The fourth-order valence-corrected chi connectivity index (χ4v) is 2.71. The van der Waals surface area contributed by atoms with Crippen molar-refractivity contribution in [3.05, 3.63) is 46.2 Å². The van der Waals surface area contributed by atoms with Crippen LogP contribution in [0.2, 0.25) is 5.02 Å². The van der Waals surface area contributed by atoms with E-state index in [9.17, 15) is 8.42 Å². The molecular weight excluding hydrogens is 316 g/mol. The Kier molecular flexibility index (Phi) is 3.05. The summed E-state index contributed by atoms with van der Waals surface area (Å²) in [5, 5.41) is 3.95. The Morgan fingerprint density at radius 3 is 2.38 bits per heavy atom. The van der Waals surface area contributed by atoms with Crippen LogP contribution in [-0.2, 0) is 10.0 Å². The lowest BCUT2D eigenvalue weighted by atomic mass is 10.4. The molecule has 2 aromatic rings. The number of halogens is 2. The van der Waals surface area contributed by atoms with Crippen molar-refractivity contribution in [2.24, 2.45) is 0 Å². The van der Waals surface area contributed by atoms with Gasteiger partial charge in [0.05, 0.1) is 22.3 Å². The van der Waals surface area contributed by atoms with Crippen LogP contribution in [0, 0.1) is 0 Å². The molecule has 0 saturated carbocycles. The number of aromatic nitrogens is 2. The Balaban J connectivity index is 2.51. The number of hydrogen-bond donors (Lipinski definition) is 0. The second kappa shape index (κ2) is 4.20. The lowest BCUT2D eigenvalue weighted by Gasteiger charge is -2.03. The van der Waals surface area contributed by atoms with Gasteiger partial charge in [-0.2, -0.15) is 17.6 Å². The van der Waals surface area contributed by atoms with Crippen molar-refractivity contribution in [1.29, 1.82) is 0 Å². The van der Waals surface area contributed by atoms with E-state index in [1.54, 1.807) is 12.1 Å². The van der Waals surface area contributed by atoms with Gasteiger partial charge < -0.3 is 0 Å². The van der Waals surface area contributed by atoms with Gasteiger partial charge in [0.1, 0.15) is 0 Å². The minimum atomic E-state index is -3.63. The smallest absolute Gasteiger partial charge is 0.199 e. The van der Waals surface area contributed by atoms with E-state index in [2.05, 4.69) is 21.0 Å². The first-order valence-electron chi connectivity index (χ1n) is 4.21. The van der Waals surface area contributed by atoms with Gasteiger partial charge in [-0.15, -0.1) is 0 Å². The maximum absolute atomic E-state index is 12.0. The average Bonchev–Trinajstić information content (AvgIpc) is 2.66. The molecule has 0 atom stereocenters. The molecule has 0 aliphatic carbocycles. The summed E-state index contributed by atoms with van der Waals surface area (Å²) in [7, 11) is -3.63. The van der Waals surface area contributed by atoms with E-state index in [-0.39, 0.29) is 9.92 Å². The molecule has 1 aromatic carbocycles. The summed E-state index contributed by atoms with van der Waals surface area (Å²) in [5.74, 6) is 0. The first kappa shape index (κ1) is 11.6. The molecule has 0 unspecified atom stereocenters. The van der Waals surface area contributed by atoms with Crippen LogP contribution in [0.15, 0.2) is 46.0 Å². The normalized spacial score (nSPS) is 11.6. The van der Waals surface area contributed by atoms with Crippen LogP contribution in [-0.4, -0.2) is 17.6 Å². The average molecular weight is 322 g/mol. The fourth-order valence-electron chi connectivity index (χ4n) is 1.13. The maximum atomic E-state index is 12.0. The Morgan fingerprint density at radius 2 is 1.88 bits per heavy atom. The zero-order chi connectivity index (χ0) is 11.8. The molecule has 0 aliphatic rings. The van der Waals surface area contributed by atoms with Gasteiger partial charge in [0.2, 0.25) is 0 Å². The highest BCUT2D eigenvalue weighted by Crippen LogP contribution is 2.18. The lowest BCUT2D eigenvalue weighted by molar-refractivity contribution is 0.580. The number of nitrogens with zero attached hydrogens (tertiary/aromatic N) is 2. The minimum Gasteiger partial charge on any atom is -0.199 e. The van der Waals surface area contributed by atoms with E-state index in [0.29, 0.717) is 0 Å². The van der Waals surface area contributed by atoms with Crippen molar-refractivity contribution >= 4 is 37.6 Å². The van der Waals surface area contributed by atoms with Gasteiger partial charge in [-0.3, -0.25) is 0 Å². The summed E-state index contributed by atoms with van der Waals surface area (Å²) < 4.78 is 25.6. The maximum Gasteiger partial charge on any atom is 0.282 e. The molecule has 0 fully saturated rings. The van der Waals surface area contributed by atoms with Crippen LogP contribution in [0.25, 0.3) is 0 Å². The highest BCUT2D eigenvalue weighted by atomic mass is 79.9. The van der Waals surface area contributed by atoms with Crippen molar-refractivity contribution in [2.75, 3.05) is 0 Å². The predicted octanol–water partition coefficient (Wildman–Crippen LogP) is 2.54. The van der Waals surface area contributed by atoms with Gasteiger partial charge in [-0.25, -0.2) is 0 Å². The van der Waals surface area contributed by atoms with Crippen molar-refractivity contribution in [1.82, 2.24) is 9.19 Å². The van der Waals surface area contributed by atoms with Gasteiger partial charge in [-0.1, -0.05) is 27.5 Å². The molecule has 0 aliphatic heterocycles. The van der Waals surface area contributed by atoms with E-state index < -0.39 is 10.0 Å². The fraction of sp³-hybridized carbons (Fsp3) is 0. The molecule has 0 N–H and O–H groups in total. The quantitative estimate of drug-likeness (QED) is 0.854. The highest BCUT2D eigenvalue weighted by molar-refractivity contribution is 9.10. The van der Waals surface area contributed by atoms with Gasteiger partial charge in [0, 0.05) is 4.47 Å². The SMILES string of the molecule is O=S(=O)(c1ccc(Br)cc1)n1cc(Cl)cn1. The van der Waals surface area contributed by atoms with E-state index in [0.717, 1.165) is 8.56 Å². The van der Waals surface area contributed by atoms with Gasteiger partial charge in [0.15, 0.2) is 0 Å². The molecule has 0 spiro atoms. The first-order valence-corrected chi connectivity index (χ1v) is 6.82. The summed E-state index contributed by atoms with van der Waals surface area (Å²) in [5.41, 5.74) is 0. The third kappa shape index (κ3) is 2.14. The summed E-state index contributed by atoms with van der Waals surface area (Å²) in [4.78, 5) is 0.162. The molecule has 2 rings (SSSR count). The van der Waals surface area contributed by atoms with Crippen LogP contribution >= 0.6 is 27.5 Å². The van der Waals surface area contributed by atoms with Crippen molar-refractivity contribution in [3.8, 4) is 0 Å². The summed E-state index contributed by atoms with van der Waals surface area (Å²) in [6, 6.07) is 6.29. The number of rotatable bonds is 2.